The number of carbonyl (C=O) groups is 3. The fourth-order valence-corrected chi connectivity index (χ4v) is 3.29. The van der Waals surface area contributed by atoms with Gasteiger partial charge in [0.1, 0.15) is 0 Å². The lowest BCUT2D eigenvalue weighted by atomic mass is 9.94. The molecule has 2 amide bonds. The van der Waals surface area contributed by atoms with Gasteiger partial charge in [0.2, 0.25) is 11.8 Å². The predicted molar refractivity (Wildman–Crippen MR) is 116 cm³/mol. The van der Waals surface area contributed by atoms with Crippen LogP contribution in [-0.4, -0.2) is 30.4 Å². The fourth-order valence-electron chi connectivity index (χ4n) is 3.29. The van der Waals surface area contributed by atoms with Gasteiger partial charge in [-0.2, -0.15) is 0 Å². The largest absolute Gasteiger partial charge is 0.466 e. The van der Waals surface area contributed by atoms with E-state index in [9.17, 15) is 14.4 Å². The third-order valence-corrected chi connectivity index (χ3v) is 4.83. The summed E-state index contributed by atoms with van der Waals surface area (Å²) >= 11 is 0. The van der Waals surface area contributed by atoms with Gasteiger partial charge in [0.25, 0.3) is 0 Å². The number of ether oxygens (including phenoxy) is 1. The summed E-state index contributed by atoms with van der Waals surface area (Å²) in [7, 11) is 0. The van der Waals surface area contributed by atoms with Gasteiger partial charge >= 0.3 is 5.97 Å². The van der Waals surface area contributed by atoms with Crippen LogP contribution in [0.4, 0.5) is 0 Å². The van der Waals surface area contributed by atoms with Gasteiger partial charge in [-0.3, -0.25) is 14.4 Å². The van der Waals surface area contributed by atoms with Crippen molar-refractivity contribution >= 4 is 17.8 Å². The third-order valence-electron chi connectivity index (χ3n) is 4.83. The molecule has 0 aliphatic heterocycles. The zero-order chi connectivity index (χ0) is 21.9. The van der Waals surface area contributed by atoms with Crippen LogP contribution < -0.4 is 11.1 Å². The van der Waals surface area contributed by atoms with Crippen LogP contribution in [0.15, 0.2) is 54.6 Å². The number of nitrogens with one attached hydrogen (secondary N) is 1. The van der Waals surface area contributed by atoms with Crippen molar-refractivity contribution in [3.63, 3.8) is 0 Å². The monoisotopic (exact) mass is 410 g/mol. The van der Waals surface area contributed by atoms with Crippen LogP contribution >= 0.6 is 0 Å². The van der Waals surface area contributed by atoms with Crippen LogP contribution in [-0.2, 0) is 25.5 Å². The first-order valence-corrected chi connectivity index (χ1v) is 10.3. The third kappa shape index (κ3) is 7.70. The summed E-state index contributed by atoms with van der Waals surface area (Å²) in [6.07, 6.45) is 1.05. The molecule has 0 fully saturated rings. The number of hydrogen-bond acceptors (Lipinski definition) is 4. The summed E-state index contributed by atoms with van der Waals surface area (Å²) in [4.78, 5) is 35.2. The Morgan fingerprint density at radius 2 is 1.60 bits per heavy atom. The SMILES string of the molecule is CCOC(=O)C(C)CC(Cc1ccc(-c2ccccc2)cc1)NC(=O)CCC(N)=O. The van der Waals surface area contributed by atoms with Crippen LogP contribution in [0, 0.1) is 5.92 Å². The van der Waals surface area contributed by atoms with E-state index in [1.165, 1.54) is 0 Å². The van der Waals surface area contributed by atoms with Crippen LogP contribution in [0.1, 0.15) is 38.7 Å². The molecule has 6 nitrogen and oxygen atoms in total. The molecule has 30 heavy (non-hydrogen) atoms. The van der Waals surface area contributed by atoms with E-state index >= 15 is 0 Å². The van der Waals surface area contributed by atoms with Crippen molar-refractivity contribution in [2.45, 2.75) is 45.6 Å². The number of hydrogen-bond donors (Lipinski definition) is 2. The molecule has 160 valence electrons. The normalized spacial score (nSPS) is 12.6. The highest BCUT2D eigenvalue weighted by molar-refractivity contribution is 5.83. The molecule has 0 bridgehead atoms. The average molecular weight is 411 g/mol. The number of benzene rings is 2. The number of esters is 1. The molecule has 6 heteroatoms. The Morgan fingerprint density at radius 3 is 2.20 bits per heavy atom. The zero-order valence-corrected chi connectivity index (χ0v) is 17.6. The Bertz CT molecular complexity index is 834. The lowest BCUT2D eigenvalue weighted by Crippen LogP contribution is -2.39. The molecule has 2 aromatic carbocycles. The van der Waals surface area contributed by atoms with Crippen LogP contribution in [0.3, 0.4) is 0 Å². The quantitative estimate of drug-likeness (QED) is 0.556. The van der Waals surface area contributed by atoms with Crippen molar-refractivity contribution in [2.75, 3.05) is 6.61 Å². The van der Waals surface area contributed by atoms with E-state index in [0.717, 1.165) is 16.7 Å². The number of nitrogens with two attached hydrogens (primary N) is 1. The van der Waals surface area contributed by atoms with Crippen molar-refractivity contribution in [3.05, 3.63) is 60.2 Å². The van der Waals surface area contributed by atoms with Gasteiger partial charge in [-0.05, 0) is 36.5 Å². The predicted octanol–water partition coefficient (Wildman–Crippen LogP) is 3.24. The van der Waals surface area contributed by atoms with Crippen molar-refractivity contribution in [1.82, 2.24) is 5.32 Å². The van der Waals surface area contributed by atoms with Crippen molar-refractivity contribution in [3.8, 4) is 11.1 Å². The molecule has 2 atom stereocenters. The van der Waals surface area contributed by atoms with Crippen LogP contribution in [0.2, 0.25) is 0 Å². The van der Waals surface area contributed by atoms with Gasteiger partial charge in [-0.15, -0.1) is 0 Å². The molecule has 2 rings (SSSR count). The van der Waals surface area contributed by atoms with Crippen molar-refractivity contribution < 1.29 is 19.1 Å². The minimum atomic E-state index is -0.516. The Kier molecular flexibility index (Phi) is 9.06. The Labute approximate surface area is 177 Å². The first kappa shape index (κ1) is 23.1. The summed E-state index contributed by atoms with van der Waals surface area (Å²) in [6.45, 7) is 3.88. The molecule has 0 aromatic heterocycles. The highest BCUT2D eigenvalue weighted by atomic mass is 16.5. The van der Waals surface area contributed by atoms with Crippen LogP contribution in [0.25, 0.3) is 11.1 Å². The first-order chi connectivity index (χ1) is 14.4. The lowest BCUT2D eigenvalue weighted by Gasteiger charge is -2.22. The van der Waals surface area contributed by atoms with E-state index in [2.05, 4.69) is 17.4 Å². The first-order valence-electron chi connectivity index (χ1n) is 10.3. The second-order valence-corrected chi connectivity index (χ2v) is 7.39. The number of primary amides is 1. The summed E-state index contributed by atoms with van der Waals surface area (Å²) in [5, 5.41) is 2.94. The van der Waals surface area contributed by atoms with Crippen LogP contribution in [0.5, 0.6) is 0 Å². The standard InChI is InChI=1S/C24H30N2O4/c1-3-30-24(29)17(2)15-21(26-23(28)14-13-22(25)27)16-18-9-11-20(12-10-18)19-7-5-4-6-8-19/h4-12,17,21H,3,13-16H2,1-2H3,(H2,25,27)(H,26,28). The molecule has 0 heterocycles. The fraction of sp³-hybridized carbons (Fsp3) is 0.375. The van der Waals surface area contributed by atoms with E-state index in [0.29, 0.717) is 19.4 Å². The smallest absolute Gasteiger partial charge is 0.308 e. The molecule has 2 aromatic rings. The van der Waals surface area contributed by atoms with Gasteiger partial charge in [0.15, 0.2) is 0 Å². The average Bonchev–Trinajstić information content (AvgIpc) is 2.73. The van der Waals surface area contributed by atoms with Gasteiger partial charge in [-0.1, -0.05) is 61.5 Å². The van der Waals surface area contributed by atoms with Crippen molar-refractivity contribution in [2.24, 2.45) is 11.7 Å². The van der Waals surface area contributed by atoms with E-state index in [1.54, 1.807) is 13.8 Å². The summed E-state index contributed by atoms with van der Waals surface area (Å²) in [6, 6.07) is 18.0. The minimum Gasteiger partial charge on any atom is -0.466 e. The Morgan fingerprint density at radius 1 is 0.967 bits per heavy atom. The molecular weight excluding hydrogens is 380 g/mol. The Balaban J connectivity index is 2.07. The Hall–Kier alpha value is -3.15. The molecule has 2 unspecified atom stereocenters. The highest BCUT2D eigenvalue weighted by Crippen LogP contribution is 2.21. The topological polar surface area (TPSA) is 98.5 Å². The molecule has 0 radical (unpaired) electrons. The molecule has 0 saturated heterocycles. The highest BCUT2D eigenvalue weighted by Gasteiger charge is 2.22. The summed E-state index contributed by atoms with van der Waals surface area (Å²) in [5.74, 6) is -1.41. The van der Waals surface area contributed by atoms with Gasteiger partial charge in [-0.25, -0.2) is 0 Å². The van der Waals surface area contributed by atoms with E-state index in [4.69, 9.17) is 10.5 Å². The zero-order valence-electron chi connectivity index (χ0n) is 17.6. The number of rotatable bonds is 11. The van der Waals surface area contributed by atoms with Gasteiger partial charge in [0.05, 0.1) is 12.5 Å². The number of amides is 2. The van der Waals surface area contributed by atoms with Gasteiger partial charge in [0, 0.05) is 18.9 Å². The molecule has 0 aliphatic carbocycles. The minimum absolute atomic E-state index is 0.00223. The van der Waals surface area contributed by atoms with Gasteiger partial charge < -0.3 is 15.8 Å². The van der Waals surface area contributed by atoms with E-state index < -0.39 is 5.91 Å². The maximum atomic E-state index is 12.2. The summed E-state index contributed by atoms with van der Waals surface area (Å²) < 4.78 is 5.09. The van der Waals surface area contributed by atoms with Crippen molar-refractivity contribution in [1.29, 1.82) is 0 Å². The molecule has 3 N–H and O–H groups in total. The molecule has 0 saturated carbocycles. The molecule has 0 spiro atoms. The molecule has 0 aliphatic rings. The maximum absolute atomic E-state index is 12.2. The molecular formula is C24H30N2O4. The second kappa shape index (κ2) is 11.8. The lowest BCUT2D eigenvalue weighted by molar-refractivity contribution is -0.148. The number of carbonyl (C=O) groups excluding carboxylic acids is 3. The maximum Gasteiger partial charge on any atom is 0.308 e. The summed E-state index contributed by atoms with van der Waals surface area (Å²) in [5.41, 5.74) is 8.43. The second-order valence-electron chi connectivity index (χ2n) is 7.39. The van der Waals surface area contributed by atoms with E-state index in [1.807, 2.05) is 42.5 Å². The van der Waals surface area contributed by atoms with E-state index in [-0.39, 0.29) is 36.7 Å².